The molecule has 2 saturated heterocycles. The van der Waals surface area contributed by atoms with Crippen molar-refractivity contribution >= 4 is 11.7 Å². The second-order valence-corrected chi connectivity index (χ2v) is 8.00. The molecule has 162 valence electrons. The lowest BCUT2D eigenvalue weighted by atomic mass is 10.0. The van der Waals surface area contributed by atoms with Crippen LogP contribution in [-0.2, 0) is 11.3 Å². The summed E-state index contributed by atoms with van der Waals surface area (Å²) < 4.78 is 19.2. The summed E-state index contributed by atoms with van der Waals surface area (Å²) >= 11 is 0. The summed E-state index contributed by atoms with van der Waals surface area (Å²) in [5, 5.41) is 6.83. The first-order valence-electron chi connectivity index (χ1n) is 10.8. The predicted molar refractivity (Wildman–Crippen MR) is 113 cm³/mol. The molecule has 0 bridgehead atoms. The van der Waals surface area contributed by atoms with E-state index in [1.807, 2.05) is 12.1 Å². The lowest BCUT2D eigenvalue weighted by molar-refractivity contribution is 0.0514. The van der Waals surface area contributed by atoms with E-state index >= 15 is 0 Å². The number of benzene rings is 1. The monoisotopic (exact) mass is 415 g/mol. The molecule has 0 aliphatic carbocycles. The van der Waals surface area contributed by atoms with Gasteiger partial charge in [-0.05, 0) is 38.4 Å². The molecule has 3 heterocycles. The number of nitrogens with zero attached hydrogens (tertiary/aromatic N) is 4. The van der Waals surface area contributed by atoms with Gasteiger partial charge in [0.05, 0.1) is 18.5 Å². The SMILES string of the molecule is CCOC(=O)c1[nH]ncc1CN1CCCC(N2CCN(c3ccccc3F)CC2)C1. The molecule has 1 atom stereocenters. The molecule has 2 aromatic rings. The van der Waals surface area contributed by atoms with E-state index in [-0.39, 0.29) is 11.8 Å². The minimum atomic E-state index is -0.345. The molecule has 1 aromatic carbocycles. The van der Waals surface area contributed by atoms with Crippen molar-refractivity contribution in [2.75, 3.05) is 50.8 Å². The van der Waals surface area contributed by atoms with Crippen LogP contribution in [0.5, 0.6) is 0 Å². The van der Waals surface area contributed by atoms with Gasteiger partial charge in [0.15, 0.2) is 0 Å². The zero-order valence-corrected chi connectivity index (χ0v) is 17.5. The third kappa shape index (κ3) is 4.65. The van der Waals surface area contributed by atoms with Crippen LogP contribution in [0.2, 0.25) is 0 Å². The summed E-state index contributed by atoms with van der Waals surface area (Å²) in [6, 6.07) is 7.50. The van der Waals surface area contributed by atoms with Crippen molar-refractivity contribution in [1.82, 2.24) is 20.0 Å². The number of carbonyl (C=O) groups is 1. The minimum absolute atomic E-state index is 0.146. The molecule has 0 radical (unpaired) electrons. The number of aromatic nitrogens is 2. The Bertz CT molecular complexity index is 850. The van der Waals surface area contributed by atoms with Gasteiger partial charge in [-0.15, -0.1) is 0 Å². The number of piperidine rings is 1. The van der Waals surface area contributed by atoms with Gasteiger partial charge in [-0.25, -0.2) is 9.18 Å². The highest BCUT2D eigenvalue weighted by Crippen LogP contribution is 2.24. The van der Waals surface area contributed by atoms with Crippen LogP contribution in [0.3, 0.4) is 0 Å². The molecule has 2 aliphatic heterocycles. The summed E-state index contributed by atoms with van der Waals surface area (Å²) in [4.78, 5) is 19.2. The van der Waals surface area contributed by atoms with Crippen molar-refractivity contribution in [3.63, 3.8) is 0 Å². The van der Waals surface area contributed by atoms with Crippen LogP contribution in [0, 0.1) is 5.82 Å². The first-order valence-corrected chi connectivity index (χ1v) is 10.8. The van der Waals surface area contributed by atoms with Gasteiger partial charge in [-0.1, -0.05) is 12.1 Å². The van der Waals surface area contributed by atoms with Gasteiger partial charge in [0.1, 0.15) is 11.5 Å². The zero-order valence-electron chi connectivity index (χ0n) is 17.5. The van der Waals surface area contributed by atoms with Crippen LogP contribution in [0.1, 0.15) is 35.8 Å². The number of halogens is 1. The largest absolute Gasteiger partial charge is 0.461 e. The third-order valence-corrected chi connectivity index (χ3v) is 6.10. The average Bonchev–Trinajstić information content (AvgIpc) is 3.23. The minimum Gasteiger partial charge on any atom is -0.461 e. The van der Waals surface area contributed by atoms with E-state index in [1.54, 1.807) is 19.2 Å². The number of likely N-dealkylation sites (tertiary alicyclic amines) is 1. The van der Waals surface area contributed by atoms with Gasteiger partial charge in [0, 0.05) is 50.9 Å². The fourth-order valence-corrected chi connectivity index (χ4v) is 4.56. The molecule has 1 aromatic heterocycles. The second kappa shape index (κ2) is 9.57. The molecule has 1 N–H and O–H groups in total. The lowest BCUT2D eigenvalue weighted by Gasteiger charge is -2.44. The number of aromatic amines is 1. The van der Waals surface area contributed by atoms with Gasteiger partial charge >= 0.3 is 5.97 Å². The van der Waals surface area contributed by atoms with Crippen molar-refractivity contribution in [2.45, 2.75) is 32.4 Å². The van der Waals surface area contributed by atoms with E-state index in [1.165, 1.54) is 12.5 Å². The molecular weight excluding hydrogens is 385 g/mol. The fourth-order valence-electron chi connectivity index (χ4n) is 4.56. The molecule has 2 aliphatic rings. The quantitative estimate of drug-likeness (QED) is 0.732. The third-order valence-electron chi connectivity index (χ3n) is 6.10. The number of anilines is 1. The normalized spacial score (nSPS) is 21.0. The van der Waals surface area contributed by atoms with Crippen LogP contribution in [0.25, 0.3) is 0 Å². The highest BCUT2D eigenvalue weighted by molar-refractivity contribution is 5.88. The Labute approximate surface area is 176 Å². The van der Waals surface area contributed by atoms with E-state index < -0.39 is 0 Å². The van der Waals surface area contributed by atoms with Crippen molar-refractivity contribution in [2.24, 2.45) is 0 Å². The average molecular weight is 416 g/mol. The smallest absolute Gasteiger partial charge is 0.356 e. The summed E-state index contributed by atoms with van der Waals surface area (Å²) in [6.07, 6.45) is 4.03. The fraction of sp³-hybridized carbons (Fsp3) is 0.545. The van der Waals surface area contributed by atoms with Gasteiger partial charge < -0.3 is 9.64 Å². The van der Waals surface area contributed by atoms with Crippen LogP contribution in [-0.4, -0.2) is 77.9 Å². The van der Waals surface area contributed by atoms with Crippen LogP contribution < -0.4 is 4.90 Å². The van der Waals surface area contributed by atoms with Crippen molar-refractivity contribution < 1.29 is 13.9 Å². The maximum absolute atomic E-state index is 14.1. The molecule has 30 heavy (non-hydrogen) atoms. The Balaban J connectivity index is 1.33. The first kappa shape index (κ1) is 20.8. The Morgan fingerprint density at radius 1 is 1.23 bits per heavy atom. The number of esters is 1. The van der Waals surface area contributed by atoms with E-state index in [2.05, 4.69) is 24.9 Å². The molecule has 8 heteroatoms. The number of nitrogens with one attached hydrogen (secondary N) is 1. The lowest BCUT2D eigenvalue weighted by Crippen LogP contribution is -2.55. The van der Waals surface area contributed by atoms with Gasteiger partial charge in [0.2, 0.25) is 0 Å². The number of rotatable bonds is 6. The molecular formula is C22H30FN5O2. The van der Waals surface area contributed by atoms with Gasteiger partial charge in [0.25, 0.3) is 0 Å². The molecule has 0 saturated carbocycles. The summed E-state index contributed by atoms with van der Waals surface area (Å²) in [5.41, 5.74) is 2.05. The predicted octanol–water partition coefficient (Wildman–Crippen LogP) is 2.51. The number of H-pyrrole nitrogens is 1. The molecule has 2 fully saturated rings. The van der Waals surface area contributed by atoms with Crippen LogP contribution in [0.4, 0.5) is 10.1 Å². The van der Waals surface area contributed by atoms with E-state index in [0.29, 0.717) is 30.6 Å². The van der Waals surface area contributed by atoms with Crippen LogP contribution in [0.15, 0.2) is 30.5 Å². The standard InChI is InChI=1S/C22H30FN5O2/c1-2-30-22(29)21-17(14-24-25-21)15-26-9-5-6-18(16-26)27-10-12-28(13-11-27)20-8-4-3-7-19(20)23/h3-4,7-8,14,18H,2,5-6,9-13,15-16H2,1H3,(H,24,25). The van der Waals surface area contributed by atoms with Gasteiger partial charge in [-0.2, -0.15) is 5.10 Å². The Morgan fingerprint density at radius 2 is 2.03 bits per heavy atom. The molecule has 7 nitrogen and oxygen atoms in total. The molecule has 0 spiro atoms. The summed E-state index contributed by atoms with van der Waals surface area (Å²) in [6.45, 7) is 8.37. The number of piperazine rings is 1. The molecule has 0 amide bonds. The van der Waals surface area contributed by atoms with Crippen molar-refractivity contribution in [1.29, 1.82) is 0 Å². The number of ether oxygens (including phenoxy) is 1. The van der Waals surface area contributed by atoms with Crippen molar-refractivity contribution in [3.05, 3.63) is 47.5 Å². The first-order chi connectivity index (χ1) is 14.7. The van der Waals surface area contributed by atoms with Crippen molar-refractivity contribution in [3.8, 4) is 0 Å². The number of para-hydroxylation sites is 1. The second-order valence-electron chi connectivity index (χ2n) is 8.00. The number of carbonyl (C=O) groups excluding carboxylic acids is 1. The Morgan fingerprint density at radius 3 is 2.80 bits per heavy atom. The van der Waals surface area contributed by atoms with Gasteiger partial charge in [-0.3, -0.25) is 14.9 Å². The number of hydrogen-bond donors (Lipinski definition) is 1. The topological polar surface area (TPSA) is 64.7 Å². The maximum Gasteiger partial charge on any atom is 0.356 e. The maximum atomic E-state index is 14.1. The Kier molecular flexibility index (Phi) is 6.64. The highest BCUT2D eigenvalue weighted by Gasteiger charge is 2.29. The van der Waals surface area contributed by atoms with E-state index in [0.717, 1.165) is 51.3 Å². The Hall–Kier alpha value is -2.45. The molecule has 1 unspecified atom stereocenters. The summed E-state index contributed by atoms with van der Waals surface area (Å²) in [7, 11) is 0. The van der Waals surface area contributed by atoms with E-state index in [4.69, 9.17) is 4.74 Å². The summed E-state index contributed by atoms with van der Waals surface area (Å²) in [5.74, 6) is -0.491. The van der Waals surface area contributed by atoms with E-state index in [9.17, 15) is 9.18 Å². The highest BCUT2D eigenvalue weighted by atomic mass is 19.1. The zero-order chi connectivity index (χ0) is 20.9. The van der Waals surface area contributed by atoms with Crippen LogP contribution >= 0.6 is 0 Å². The number of hydrogen-bond acceptors (Lipinski definition) is 6. The molecule has 4 rings (SSSR count).